The fourth-order valence-electron chi connectivity index (χ4n) is 3.51. The number of nitrogens with zero attached hydrogens (tertiary/aromatic N) is 2. The molecule has 0 aromatic heterocycles. The monoisotopic (exact) mass is 558 g/mol. The molecule has 0 aliphatic rings. The summed E-state index contributed by atoms with van der Waals surface area (Å²) in [6.07, 6.45) is 1.23. The van der Waals surface area contributed by atoms with Crippen molar-refractivity contribution >= 4 is 32.4 Å². The summed E-state index contributed by atoms with van der Waals surface area (Å²) in [7, 11) is 4.14. The third-order valence-electron chi connectivity index (χ3n) is 5.39. The summed E-state index contributed by atoms with van der Waals surface area (Å²) in [4.78, 5) is 8.11. The fourth-order valence-corrected chi connectivity index (χ4v) is 6.23. The van der Waals surface area contributed by atoms with Gasteiger partial charge in [0, 0.05) is 51.4 Å². The zero-order chi connectivity index (χ0) is 28.5. The van der Waals surface area contributed by atoms with Crippen LogP contribution < -0.4 is 14.5 Å². The number of unbranched alkanes of at least 4 members (excludes halogenated alkanes) is 1. The maximum absolute atomic E-state index is 9.83. The Morgan fingerprint density at radius 3 is 1.61 bits per heavy atom. The number of hydrogen-bond acceptors (Lipinski definition) is 6. The second-order valence-electron chi connectivity index (χ2n) is 10.4. The second kappa shape index (κ2) is 13.9. The molecule has 0 radical (unpaired) electrons. The van der Waals surface area contributed by atoms with Gasteiger partial charge in [-0.3, -0.25) is 0 Å². The van der Waals surface area contributed by atoms with Gasteiger partial charge in [0.25, 0.3) is 0 Å². The first-order valence-electron chi connectivity index (χ1n) is 12.7. The van der Waals surface area contributed by atoms with Crippen LogP contribution in [0.5, 0.6) is 5.75 Å². The molecule has 0 atom stereocenters. The van der Waals surface area contributed by atoms with E-state index in [1.54, 1.807) is 0 Å². The molecule has 6 nitrogen and oxygen atoms in total. The Kier molecular flexibility index (Phi) is 11.6. The maximum Gasteiger partial charge on any atom is 0.170 e. The Labute approximate surface area is 232 Å². The highest BCUT2D eigenvalue weighted by molar-refractivity contribution is 7.97. The number of rotatable bonds is 9. The number of benzene rings is 3. The predicted molar refractivity (Wildman–Crippen MR) is 160 cm³/mol. The van der Waals surface area contributed by atoms with Crippen LogP contribution in [0.4, 0.5) is 11.4 Å². The van der Waals surface area contributed by atoms with Crippen LogP contribution in [0.3, 0.4) is 0 Å². The highest BCUT2D eigenvalue weighted by atomic mass is 32.2. The van der Waals surface area contributed by atoms with E-state index in [4.69, 9.17) is 4.74 Å². The summed E-state index contributed by atoms with van der Waals surface area (Å²) in [6, 6.07) is 26.3. The molecule has 0 amide bonds. The van der Waals surface area contributed by atoms with Gasteiger partial charge in [0.15, 0.2) is 14.7 Å². The molecule has 0 bridgehead atoms. The van der Waals surface area contributed by atoms with Gasteiger partial charge in [0.1, 0.15) is 11.4 Å². The normalized spacial score (nSPS) is 11.5. The van der Waals surface area contributed by atoms with Gasteiger partial charge in [0.05, 0.1) is 21.0 Å². The van der Waals surface area contributed by atoms with Crippen molar-refractivity contribution in [1.29, 1.82) is 0 Å². The van der Waals surface area contributed by atoms with Gasteiger partial charge < -0.3 is 19.1 Å². The molecule has 0 saturated heterocycles. The van der Waals surface area contributed by atoms with Crippen LogP contribution in [0.25, 0.3) is 0 Å². The maximum atomic E-state index is 9.83. The lowest BCUT2D eigenvalue weighted by Gasteiger charge is -2.21. The van der Waals surface area contributed by atoms with E-state index in [0.29, 0.717) is 6.42 Å². The van der Waals surface area contributed by atoms with Crippen molar-refractivity contribution < 1.29 is 17.7 Å². The Balaban J connectivity index is 0.000000550. The SMILES string of the molecule is CCCCS(=O)(=O)[O-].CN(C)c1ccc([S+](c2ccc(N(C)C)cc2)c2cccc(OC(C)(C)C)c2)cc1. The van der Waals surface area contributed by atoms with E-state index in [1.165, 1.54) is 26.1 Å². The highest BCUT2D eigenvalue weighted by Gasteiger charge is 2.29. The van der Waals surface area contributed by atoms with E-state index < -0.39 is 10.1 Å². The van der Waals surface area contributed by atoms with E-state index in [2.05, 4.69) is 125 Å². The van der Waals surface area contributed by atoms with Crippen molar-refractivity contribution in [3.05, 3.63) is 72.8 Å². The van der Waals surface area contributed by atoms with E-state index in [0.717, 1.165) is 12.2 Å². The number of hydrogen-bond donors (Lipinski definition) is 0. The minimum atomic E-state index is -3.94. The molecule has 8 heteroatoms. The van der Waals surface area contributed by atoms with Crippen LogP contribution in [0.15, 0.2) is 87.5 Å². The summed E-state index contributed by atoms with van der Waals surface area (Å²) >= 11 is 0. The third kappa shape index (κ3) is 10.6. The molecule has 0 aliphatic heterocycles. The largest absolute Gasteiger partial charge is 0.748 e. The topological polar surface area (TPSA) is 72.9 Å². The molecule has 0 N–H and O–H groups in total. The Bertz CT molecular complexity index is 1180. The quantitative estimate of drug-likeness (QED) is 0.223. The first-order chi connectivity index (χ1) is 17.7. The summed E-state index contributed by atoms with van der Waals surface area (Å²) in [5.74, 6) is 0.691. The smallest absolute Gasteiger partial charge is 0.170 e. The Hall–Kier alpha value is -2.68. The Morgan fingerprint density at radius 1 is 0.789 bits per heavy atom. The molecule has 0 aliphatic carbocycles. The number of anilines is 2. The minimum absolute atomic E-state index is 0.213. The molecular weight excluding hydrogens is 516 g/mol. The minimum Gasteiger partial charge on any atom is -0.748 e. The number of ether oxygens (including phenoxy) is 1. The fraction of sp³-hybridized carbons (Fsp3) is 0.400. The summed E-state index contributed by atoms with van der Waals surface area (Å²) < 4.78 is 35.7. The Morgan fingerprint density at radius 2 is 1.26 bits per heavy atom. The van der Waals surface area contributed by atoms with Crippen LogP contribution >= 0.6 is 0 Å². The lowest BCUT2D eigenvalue weighted by molar-refractivity contribution is 0.130. The average molecular weight is 559 g/mol. The molecule has 0 unspecified atom stereocenters. The molecular formula is C30H42N2O4S2. The first kappa shape index (κ1) is 31.5. The molecule has 0 heterocycles. The van der Waals surface area contributed by atoms with Gasteiger partial charge in [0.2, 0.25) is 0 Å². The van der Waals surface area contributed by atoms with E-state index in [1.807, 2.05) is 13.0 Å². The molecule has 0 saturated carbocycles. The molecule has 0 spiro atoms. The third-order valence-corrected chi connectivity index (χ3v) is 8.39. The van der Waals surface area contributed by atoms with Gasteiger partial charge in [-0.15, -0.1) is 0 Å². The van der Waals surface area contributed by atoms with Gasteiger partial charge in [-0.05, 0) is 87.9 Å². The molecule has 208 valence electrons. The van der Waals surface area contributed by atoms with Gasteiger partial charge >= 0.3 is 0 Å². The second-order valence-corrected chi connectivity index (χ2v) is 13.9. The molecule has 38 heavy (non-hydrogen) atoms. The van der Waals surface area contributed by atoms with E-state index >= 15 is 0 Å². The van der Waals surface area contributed by atoms with Crippen LogP contribution in [-0.4, -0.2) is 52.5 Å². The van der Waals surface area contributed by atoms with Crippen LogP contribution in [0, 0.1) is 0 Å². The standard InChI is InChI=1S/C26H33N2OS.C4H10O3S/c1-26(2,3)29-22-9-8-10-25(19-22)30(23-15-11-20(12-16-23)27(4)5)24-17-13-21(14-18-24)28(6)7;1-2-3-4-8(5,6)7/h8-19H,1-7H3;2-4H2,1H3,(H,5,6,7)/q+1;/p-1. The summed E-state index contributed by atoms with van der Waals surface area (Å²) in [6.45, 7) is 8.09. The lowest BCUT2D eigenvalue weighted by atomic mass is 10.2. The van der Waals surface area contributed by atoms with Crippen LogP contribution in [0.1, 0.15) is 40.5 Å². The predicted octanol–water partition coefficient (Wildman–Crippen LogP) is 6.42. The zero-order valence-corrected chi connectivity index (χ0v) is 25.5. The van der Waals surface area contributed by atoms with E-state index in [-0.39, 0.29) is 22.2 Å². The van der Waals surface area contributed by atoms with Crippen molar-refractivity contribution in [3.63, 3.8) is 0 Å². The molecule has 0 fully saturated rings. The van der Waals surface area contributed by atoms with E-state index in [9.17, 15) is 13.0 Å². The molecule has 3 aromatic carbocycles. The van der Waals surface area contributed by atoms with Crippen molar-refractivity contribution in [2.75, 3.05) is 43.7 Å². The van der Waals surface area contributed by atoms with Crippen molar-refractivity contribution in [3.8, 4) is 5.75 Å². The average Bonchev–Trinajstić information content (AvgIpc) is 2.83. The van der Waals surface area contributed by atoms with Crippen molar-refractivity contribution in [2.24, 2.45) is 0 Å². The molecule has 3 rings (SSSR count). The van der Waals surface area contributed by atoms with Gasteiger partial charge in [-0.25, -0.2) is 8.42 Å². The van der Waals surface area contributed by atoms with Gasteiger partial charge in [-0.1, -0.05) is 19.4 Å². The first-order valence-corrected chi connectivity index (χ1v) is 15.5. The highest BCUT2D eigenvalue weighted by Crippen LogP contribution is 2.35. The summed E-state index contributed by atoms with van der Waals surface area (Å²) in [5.41, 5.74) is 2.18. The van der Waals surface area contributed by atoms with Crippen LogP contribution in [-0.2, 0) is 21.0 Å². The zero-order valence-electron chi connectivity index (χ0n) is 23.9. The molecule has 3 aromatic rings. The lowest BCUT2D eigenvalue weighted by Crippen LogP contribution is -2.23. The van der Waals surface area contributed by atoms with Gasteiger partial charge in [-0.2, -0.15) is 0 Å². The van der Waals surface area contributed by atoms with Crippen molar-refractivity contribution in [1.82, 2.24) is 0 Å². The van der Waals surface area contributed by atoms with Crippen molar-refractivity contribution in [2.45, 2.75) is 60.8 Å². The summed E-state index contributed by atoms with van der Waals surface area (Å²) in [5, 5.41) is 0. The van der Waals surface area contributed by atoms with Crippen LogP contribution in [0.2, 0.25) is 0 Å².